The zero-order chi connectivity index (χ0) is 20.1. The molecule has 0 radical (unpaired) electrons. The van der Waals surface area contributed by atoms with Gasteiger partial charge in [-0.05, 0) is 37.0 Å². The number of carbonyl (C=O) groups is 1. The molecule has 0 unspecified atom stereocenters. The van der Waals surface area contributed by atoms with Gasteiger partial charge in [0.05, 0.1) is 13.2 Å². The number of likely N-dealkylation sites (tertiary alicyclic amines) is 1. The first kappa shape index (κ1) is 20.2. The van der Waals surface area contributed by atoms with E-state index < -0.39 is 0 Å². The molecule has 2 aromatic rings. The number of rotatable bonds is 6. The SMILES string of the molecule is CCc1cc(N2CCOCC2)nc(SCc2ccc(C(=O)N3CCCC3)cc2)n1. The van der Waals surface area contributed by atoms with E-state index >= 15 is 0 Å². The molecular formula is C22H28N4O2S. The number of amides is 1. The summed E-state index contributed by atoms with van der Waals surface area (Å²) in [6, 6.07) is 10.1. The maximum Gasteiger partial charge on any atom is 0.253 e. The molecule has 3 heterocycles. The lowest BCUT2D eigenvalue weighted by molar-refractivity contribution is 0.0793. The van der Waals surface area contributed by atoms with Crippen molar-refractivity contribution in [2.45, 2.75) is 37.1 Å². The molecule has 0 bridgehead atoms. The van der Waals surface area contributed by atoms with Crippen molar-refractivity contribution in [2.75, 3.05) is 44.3 Å². The molecule has 0 spiro atoms. The number of hydrogen-bond acceptors (Lipinski definition) is 6. The summed E-state index contributed by atoms with van der Waals surface area (Å²) in [7, 11) is 0. The van der Waals surface area contributed by atoms with Crippen molar-refractivity contribution in [3.05, 3.63) is 47.2 Å². The van der Waals surface area contributed by atoms with E-state index in [0.717, 1.165) is 86.6 Å². The van der Waals surface area contributed by atoms with Crippen molar-refractivity contribution in [3.8, 4) is 0 Å². The Balaban J connectivity index is 1.41. The monoisotopic (exact) mass is 412 g/mol. The van der Waals surface area contributed by atoms with Crippen LogP contribution in [-0.2, 0) is 16.9 Å². The van der Waals surface area contributed by atoms with Crippen LogP contribution in [-0.4, -0.2) is 60.2 Å². The summed E-state index contributed by atoms with van der Waals surface area (Å²) in [6.45, 7) is 7.12. The highest BCUT2D eigenvalue weighted by Crippen LogP contribution is 2.24. The number of anilines is 1. The second-order valence-electron chi connectivity index (χ2n) is 7.44. The van der Waals surface area contributed by atoms with Crippen LogP contribution in [0.4, 0.5) is 5.82 Å². The smallest absolute Gasteiger partial charge is 0.253 e. The predicted molar refractivity (Wildman–Crippen MR) is 116 cm³/mol. The average molecular weight is 413 g/mol. The fourth-order valence-electron chi connectivity index (χ4n) is 3.65. The number of morpholine rings is 1. The first-order chi connectivity index (χ1) is 14.2. The van der Waals surface area contributed by atoms with Crippen LogP contribution >= 0.6 is 11.8 Å². The molecular weight excluding hydrogens is 384 g/mol. The van der Waals surface area contributed by atoms with Gasteiger partial charge in [-0.3, -0.25) is 4.79 Å². The molecule has 2 saturated heterocycles. The second-order valence-corrected chi connectivity index (χ2v) is 8.38. The summed E-state index contributed by atoms with van der Waals surface area (Å²) < 4.78 is 5.45. The Kier molecular flexibility index (Phi) is 6.67. The lowest BCUT2D eigenvalue weighted by Gasteiger charge is -2.28. The maximum atomic E-state index is 12.5. The molecule has 7 heteroatoms. The number of thioether (sulfide) groups is 1. The van der Waals surface area contributed by atoms with E-state index in [1.165, 1.54) is 5.56 Å². The molecule has 4 rings (SSSR count). The van der Waals surface area contributed by atoms with E-state index in [0.29, 0.717) is 0 Å². The third kappa shape index (κ3) is 5.08. The molecule has 0 saturated carbocycles. The molecule has 2 aliphatic rings. The molecule has 29 heavy (non-hydrogen) atoms. The van der Waals surface area contributed by atoms with E-state index in [2.05, 4.69) is 17.9 Å². The van der Waals surface area contributed by atoms with Gasteiger partial charge in [-0.2, -0.15) is 0 Å². The zero-order valence-corrected chi connectivity index (χ0v) is 17.8. The quantitative estimate of drug-likeness (QED) is 0.535. The fraction of sp³-hybridized carbons (Fsp3) is 0.500. The van der Waals surface area contributed by atoms with Gasteiger partial charge in [0.2, 0.25) is 0 Å². The van der Waals surface area contributed by atoms with Crippen LogP contribution in [0, 0.1) is 0 Å². The Hall–Kier alpha value is -2.12. The molecule has 1 aromatic carbocycles. The molecule has 6 nitrogen and oxygen atoms in total. The van der Waals surface area contributed by atoms with Crippen molar-refractivity contribution in [1.29, 1.82) is 0 Å². The van der Waals surface area contributed by atoms with Gasteiger partial charge in [0.25, 0.3) is 5.91 Å². The van der Waals surface area contributed by atoms with Crippen LogP contribution in [0.1, 0.15) is 41.4 Å². The first-order valence-corrected chi connectivity index (χ1v) is 11.4. The van der Waals surface area contributed by atoms with Crippen LogP contribution in [0.15, 0.2) is 35.5 Å². The fourth-order valence-corrected chi connectivity index (χ4v) is 4.48. The number of benzene rings is 1. The maximum absolute atomic E-state index is 12.5. The van der Waals surface area contributed by atoms with Gasteiger partial charge in [-0.15, -0.1) is 0 Å². The summed E-state index contributed by atoms with van der Waals surface area (Å²) in [6.07, 6.45) is 3.12. The molecule has 0 N–H and O–H groups in total. The summed E-state index contributed by atoms with van der Waals surface area (Å²) >= 11 is 1.65. The Morgan fingerprint density at radius 2 is 1.79 bits per heavy atom. The number of hydrogen-bond donors (Lipinski definition) is 0. The number of ether oxygens (including phenoxy) is 1. The summed E-state index contributed by atoms with van der Waals surface area (Å²) in [4.78, 5) is 26.2. The topological polar surface area (TPSA) is 58.6 Å². The Morgan fingerprint density at radius 1 is 1.07 bits per heavy atom. The average Bonchev–Trinajstić information content (AvgIpc) is 3.33. The van der Waals surface area contributed by atoms with Crippen LogP contribution in [0.2, 0.25) is 0 Å². The van der Waals surface area contributed by atoms with Crippen molar-refractivity contribution in [1.82, 2.24) is 14.9 Å². The third-order valence-corrected chi connectivity index (χ3v) is 6.32. The van der Waals surface area contributed by atoms with E-state index in [-0.39, 0.29) is 5.91 Å². The van der Waals surface area contributed by atoms with E-state index in [9.17, 15) is 4.79 Å². The number of aromatic nitrogens is 2. The number of nitrogens with zero attached hydrogens (tertiary/aromatic N) is 4. The molecule has 2 fully saturated rings. The Bertz CT molecular complexity index is 831. The van der Waals surface area contributed by atoms with E-state index in [1.807, 2.05) is 29.2 Å². The first-order valence-electron chi connectivity index (χ1n) is 10.4. The van der Waals surface area contributed by atoms with Gasteiger partial charge in [0.1, 0.15) is 5.82 Å². The van der Waals surface area contributed by atoms with Gasteiger partial charge in [0.15, 0.2) is 5.16 Å². The number of carbonyl (C=O) groups excluding carboxylic acids is 1. The minimum absolute atomic E-state index is 0.149. The zero-order valence-electron chi connectivity index (χ0n) is 17.0. The minimum Gasteiger partial charge on any atom is -0.378 e. The lowest BCUT2D eigenvalue weighted by Crippen LogP contribution is -2.37. The molecule has 0 aliphatic carbocycles. The highest BCUT2D eigenvalue weighted by atomic mass is 32.2. The Morgan fingerprint density at radius 3 is 2.48 bits per heavy atom. The molecule has 0 atom stereocenters. The normalized spacial score (nSPS) is 17.0. The van der Waals surface area contributed by atoms with Crippen LogP contribution in [0.25, 0.3) is 0 Å². The van der Waals surface area contributed by atoms with Crippen LogP contribution in [0.5, 0.6) is 0 Å². The van der Waals surface area contributed by atoms with Gasteiger partial charge in [-0.25, -0.2) is 9.97 Å². The summed E-state index contributed by atoms with van der Waals surface area (Å²) in [5.41, 5.74) is 3.02. The molecule has 2 aliphatic heterocycles. The summed E-state index contributed by atoms with van der Waals surface area (Å²) in [5, 5.41) is 0.808. The summed E-state index contributed by atoms with van der Waals surface area (Å²) in [5.74, 6) is 1.93. The van der Waals surface area contributed by atoms with Crippen LogP contribution in [0.3, 0.4) is 0 Å². The Labute approximate surface area is 176 Å². The highest BCUT2D eigenvalue weighted by molar-refractivity contribution is 7.98. The van der Waals surface area contributed by atoms with E-state index in [4.69, 9.17) is 14.7 Å². The van der Waals surface area contributed by atoms with Crippen molar-refractivity contribution in [3.63, 3.8) is 0 Å². The second kappa shape index (κ2) is 9.59. The molecule has 1 aromatic heterocycles. The lowest BCUT2D eigenvalue weighted by atomic mass is 10.1. The third-order valence-electron chi connectivity index (χ3n) is 5.40. The molecule has 154 valence electrons. The van der Waals surface area contributed by atoms with Crippen LogP contribution < -0.4 is 4.90 Å². The van der Waals surface area contributed by atoms with Gasteiger partial charge in [0, 0.05) is 49.3 Å². The van der Waals surface area contributed by atoms with Gasteiger partial charge >= 0.3 is 0 Å². The van der Waals surface area contributed by atoms with Crippen molar-refractivity contribution < 1.29 is 9.53 Å². The van der Waals surface area contributed by atoms with Crippen molar-refractivity contribution in [2.24, 2.45) is 0 Å². The molecule has 1 amide bonds. The van der Waals surface area contributed by atoms with Crippen molar-refractivity contribution >= 4 is 23.5 Å². The number of aryl methyl sites for hydroxylation is 1. The van der Waals surface area contributed by atoms with Gasteiger partial charge in [-0.1, -0.05) is 30.8 Å². The minimum atomic E-state index is 0.149. The largest absolute Gasteiger partial charge is 0.378 e. The standard InChI is InChI=1S/C22H28N4O2S/c1-2-19-15-20(25-11-13-28-14-12-25)24-22(23-19)29-16-17-5-7-18(8-6-17)21(27)26-9-3-4-10-26/h5-8,15H,2-4,9-14,16H2,1H3. The predicted octanol–water partition coefficient (Wildman–Crippen LogP) is 3.40. The van der Waals surface area contributed by atoms with E-state index in [1.54, 1.807) is 11.8 Å². The highest BCUT2D eigenvalue weighted by Gasteiger charge is 2.19. The van der Waals surface area contributed by atoms with Gasteiger partial charge < -0.3 is 14.5 Å².